The van der Waals surface area contributed by atoms with E-state index in [1.807, 2.05) is 31.2 Å². The van der Waals surface area contributed by atoms with Crippen LogP contribution in [0.4, 0.5) is 17.2 Å². The van der Waals surface area contributed by atoms with Gasteiger partial charge in [-0.15, -0.1) is 0 Å². The minimum absolute atomic E-state index is 0.0388. The van der Waals surface area contributed by atoms with E-state index in [-0.39, 0.29) is 28.6 Å². The van der Waals surface area contributed by atoms with Gasteiger partial charge in [-0.3, -0.25) is 4.31 Å². The highest BCUT2D eigenvalue weighted by Gasteiger charge is 2.34. The van der Waals surface area contributed by atoms with Crippen LogP contribution in [0.5, 0.6) is 0 Å². The Balaban J connectivity index is 1.72. The first-order valence-corrected chi connectivity index (χ1v) is 13.0. The molecule has 0 radical (unpaired) electrons. The molecule has 5 rings (SSSR count). The quantitative estimate of drug-likeness (QED) is 0.410. The maximum absolute atomic E-state index is 14.2. The van der Waals surface area contributed by atoms with Gasteiger partial charge in [-0.25, -0.2) is 13.4 Å². The number of rotatable bonds is 4. The highest BCUT2D eigenvalue weighted by atomic mass is 32.2. The largest absolute Gasteiger partial charge is 0.387 e. The van der Waals surface area contributed by atoms with Crippen LogP contribution >= 0.6 is 0 Å². The number of sulfonamides is 1. The van der Waals surface area contributed by atoms with Gasteiger partial charge in [0, 0.05) is 16.8 Å². The summed E-state index contributed by atoms with van der Waals surface area (Å²) >= 11 is 0. The van der Waals surface area contributed by atoms with Crippen LogP contribution in [0.3, 0.4) is 0 Å². The monoisotopic (exact) mass is 505 g/mol. The second kappa shape index (κ2) is 8.72. The van der Waals surface area contributed by atoms with Crippen molar-refractivity contribution in [2.75, 3.05) is 9.62 Å². The number of pyridine rings is 1. The topological polar surface area (TPSA) is 121 Å². The molecule has 4 aromatic rings. The molecule has 1 aliphatic heterocycles. The summed E-state index contributed by atoms with van der Waals surface area (Å²) in [6.07, 6.45) is 0. The highest BCUT2D eigenvalue weighted by molar-refractivity contribution is 7.92. The van der Waals surface area contributed by atoms with E-state index in [0.717, 1.165) is 16.8 Å². The van der Waals surface area contributed by atoms with Crippen molar-refractivity contribution < 1.29 is 18.0 Å². The van der Waals surface area contributed by atoms with Crippen LogP contribution in [-0.4, -0.2) is 28.6 Å². The first-order chi connectivity index (χ1) is 17.1. The summed E-state index contributed by atoms with van der Waals surface area (Å²) in [5, 5.41) is 16.7. The van der Waals surface area contributed by atoms with Crippen molar-refractivity contribution >= 4 is 27.2 Å². The van der Waals surface area contributed by atoms with E-state index in [2.05, 4.69) is 41.2 Å². The Morgan fingerprint density at radius 2 is 1.81 bits per heavy atom. The molecular formula is C26H27N5O4S. The molecule has 9 nitrogen and oxygen atoms in total. The van der Waals surface area contributed by atoms with Gasteiger partial charge >= 0.3 is 0 Å². The van der Waals surface area contributed by atoms with Crippen molar-refractivity contribution in [1.29, 1.82) is 0 Å². The highest BCUT2D eigenvalue weighted by Crippen LogP contribution is 2.43. The lowest BCUT2D eigenvalue weighted by Gasteiger charge is -2.26. The summed E-state index contributed by atoms with van der Waals surface area (Å²) in [5.74, 6) is 0.798. The number of hydrogen-bond donors (Lipinski definition) is 2. The van der Waals surface area contributed by atoms with Gasteiger partial charge in [-0.2, -0.15) is 4.98 Å². The van der Waals surface area contributed by atoms with Gasteiger partial charge in [0.25, 0.3) is 15.9 Å². The molecule has 0 saturated carbocycles. The fourth-order valence-corrected chi connectivity index (χ4v) is 5.64. The summed E-state index contributed by atoms with van der Waals surface area (Å²) in [7, 11) is -4.01. The van der Waals surface area contributed by atoms with Gasteiger partial charge < -0.3 is 14.9 Å². The molecule has 0 atom stereocenters. The molecule has 10 heteroatoms. The molecule has 2 aromatic carbocycles. The molecule has 0 amide bonds. The second-order valence-electron chi connectivity index (χ2n) is 9.74. The molecule has 0 aliphatic carbocycles. The number of benzene rings is 2. The lowest BCUT2D eigenvalue weighted by atomic mass is 9.87. The number of aliphatic hydroxyl groups excluding tert-OH is 1. The zero-order chi connectivity index (χ0) is 25.7. The first kappa shape index (κ1) is 24.0. The number of nitrogens with one attached hydrogen (secondary N) is 1. The summed E-state index contributed by atoms with van der Waals surface area (Å²) in [5.41, 5.74) is 3.81. The zero-order valence-electron chi connectivity index (χ0n) is 20.5. The van der Waals surface area contributed by atoms with Gasteiger partial charge in [0.1, 0.15) is 12.4 Å². The Bertz CT molecular complexity index is 1540. The van der Waals surface area contributed by atoms with Crippen LogP contribution in [0, 0.1) is 6.92 Å². The predicted octanol–water partition coefficient (Wildman–Crippen LogP) is 4.68. The standard InChI is InChI=1S/C26H27N5O4S/c1-16-8-9-17-14-31(36(33,34)19-12-10-18(11-13-19)26(2,3)4)23-20(25-29-22(15-32)35-30-25)6-5-7-21(23)28-24(17)27-16/h5-13,32H,14-15H2,1-4H3,(H,27,28). The van der Waals surface area contributed by atoms with Crippen molar-refractivity contribution in [3.05, 3.63) is 77.3 Å². The van der Waals surface area contributed by atoms with E-state index in [1.165, 1.54) is 4.31 Å². The number of aliphatic hydroxyl groups is 1. The van der Waals surface area contributed by atoms with Crippen molar-refractivity contribution in [1.82, 2.24) is 15.1 Å². The van der Waals surface area contributed by atoms with Gasteiger partial charge in [-0.05, 0) is 48.2 Å². The number of anilines is 3. The Morgan fingerprint density at radius 3 is 2.47 bits per heavy atom. The molecule has 36 heavy (non-hydrogen) atoms. The number of aromatic nitrogens is 3. The molecule has 1 aliphatic rings. The number of aryl methyl sites for hydroxylation is 1. The lowest BCUT2D eigenvalue weighted by Crippen LogP contribution is -2.31. The molecule has 2 aromatic heterocycles. The molecule has 0 saturated heterocycles. The Morgan fingerprint density at radius 1 is 1.06 bits per heavy atom. The van der Waals surface area contributed by atoms with E-state index in [9.17, 15) is 13.5 Å². The molecule has 2 N–H and O–H groups in total. The van der Waals surface area contributed by atoms with E-state index in [4.69, 9.17) is 4.52 Å². The molecule has 0 fully saturated rings. The molecule has 0 unspecified atom stereocenters. The van der Waals surface area contributed by atoms with Crippen LogP contribution in [-0.2, 0) is 28.6 Å². The third-order valence-electron chi connectivity index (χ3n) is 6.12. The maximum Gasteiger partial charge on any atom is 0.264 e. The fraction of sp³-hybridized carbons (Fsp3) is 0.269. The number of nitrogens with zero attached hydrogens (tertiary/aromatic N) is 4. The Kier molecular flexibility index (Phi) is 5.80. The van der Waals surface area contributed by atoms with Gasteiger partial charge in [-0.1, -0.05) is 50.2 Å². The number of fused-ring (bicyclic) bond motifs is 2. The zero-order valence-corrected chi connectivity index (χ0v) is 21.3. The summed E-state index contributed by atoms with van der Waals surface area (Å²) in [6.45, 7) is 7.75. The molecular weight excluding hydrogens is 478 g/mol. The van der Waals surface area contributed by atoms with Crippen molar-refractivity contribution in [2.24, 2.45) is 0 Å². The first-order valence-electron chi connectivity index (χ1n) is 11.5. The van der Waals surface area contributed by atoms with Gasteiger partial charge in [0.15, 0.2) is 0 Å². The van der Waals surface area contributed by atoms with Crippen LogP contribution in [0.15, 0.2) is 64.0 Å². The SMILES string of the molecule is Cc1ccc2c(n1)Nc1cccc(-c3noc(CO)n3)c1N(S(=O)(=O)c1ccc(C(C)(C)C)cc1)C2. The van der Waals surface area contributed by atoms with Gasteiger partial charge in [0.05, 0.1) is 22.8 Å². The van der Waals surface area contributed by atoms with E-state index in [1.54, 1.807) is 30.3 Å². The molecule has 3 heterocycles. The normalized spacial score (nSPS) is 13.5. The molecule has 0 spiro atoms. The molecule has 0 bridgehead atoms. The fourth-order valence-electron chi connectivity index (χ4n) is 4.16. The van der Waals surface area contributed by atoms with E-state index < -0.39 is 16.6 Å². The number of hydrogen-bond acceptors (Lipinski definition) is 8. The average molecular weight is 506 g/mol. The smallest absolute Gasteiger partial charge is 0.264 e. The van der Waals surface area contributed by atoms with Crippen molar-refractivity contribution in [3.63, 3.8) is 0 Å². The Labute approximate surface area is 209 Å². The average Bonchev–Trinajstić information content (AvgIpc) is 3.25. The van der Waals surface area contributed by atoms with E-state index >= 15 is 0 Å². The minimum atomic E-state index is -4.01. The van der Waals surface area contributed by atoms with Crippen LogP contribution in [0.1, 0.15) is 43.5 Å². The van der Waals surface area contributed by atoms with Crippen LogP contribution in [0.2, 0.25) is 0 Å². The van der Waals surface area contributed by atoms with Crippen LogP contribution in [0.25, 0.3) is 11.4 Å². The van der Waals surface area contributed by atoms with Crippen LogP contribution < -0.4 is 9.62 Å². The molecule has 186 valence electrons. The lowest BCUT2D eigenvalue weighted by molar-refractivity contribution is 0.222. The maximum atomic E-state index is 14.2. The summed E-state index contributed by atoms with van der Waals surface area (Å²) in [6, 6.07) is 16.0. The van der Waals surface area contributed by atoms with Crippen molar-refractivity contribution in [2.45, 2.75) is 51.2 Å². The third-order valence-corrected chi connectivity index (χ3v) is 7.88. The summed E-state index contributed by atoms with van der Waals surface area (Å²) in [4.78, 5) is 9.01. The minimum Gasteiger partial charge on any atom is -0.387 e. The number of para-hydroxylation sites is 1. The summed E-state index contributed by atoms with van der Waals surface area (Å²) < 4.78 is 34.8. The van der Waals surface area contributed by atoms with E-state index in [0.29, 0.717) is 22.8 Å². The van der Waals surface area contributed by atoms with Crippen molar-refractivity contribution in [3.8, 4) is 11.4 Å². The Hall–Kier alpha value is -3.76. The second-order valence-corrected chi connectivity index (χ2v) is 11.6. The third kappa shape index (κ3) is 4.22. The predicted molar refractivity (Wildman–Crippen MR) is 136 cm³/mol. The van der Waals surface area contributed by atoms with Gasteiger partial charge in [0.2, 0.25) is 5.82 Å².